The predicted octanol–water partition coefficient (Wildman–Crippen LogP) is 2.29. The largest absolute Gasteiger partial charge is 0.456 e. The number of hydrogen-bond donors (Lipinski definition) is 1. The first-order valence-corrected chi connectivity index (χ1v) is 6.80. The molecule has 0 saturated heterocycles. The molecule has 0 saturated carbocycles. The molecule has 0 radical (unpaired) electrons. The van der Waals surface area contributed by atoms with Gasteiger partial charge < -0.3 is 9.63 Å². The summed E-state index contributed by atoms with van der Waals surface area (Å²) < 4.78 is 5.23. The zero-order valence-corrected chi connectivity index (χ0v) is 10.9. The van der Waals surface area contributed by atoms with Crippen molar-refractivity contribution in [3.05, 3.63) is 29.8 Å². The molecule has 1 aromatic carbocycles. The maximum atomic E-state index is 11.7. The van der Waals surface area contributed by atoms with Gasteiger partial charge in [0.2, 0.25) is 0 Å². The first-order chi connectivity index (χ1) is 7.29. The molecular weight excluding hydrogens is 223 g/mol. The summed E-state index contributed by atoms with van der Waals surface area (Å²) in [6.07, 6.45) is 0. The Hall–Kier alpha value is -0.920. The highest BCUT2D eigenvalue weighted by molar-refractivity contribution is 7.59. The Kier molecular flexibility index (Phi) is 4.06. The minimum Gasteiger partial charge on any atom is -0.456 e. The molecule has 1 unspecified atom stereocenters. The van der Waals surface area contributed by atoms with Gasteiger partial charge >= 0.3 is 5.97 Å². The standard InChI is InChI=1S/C12H17O3P/c1-12(2,3)15-11(13)9-5-7-10(8-6-9)16(4)14/h5-8,14H,1-4H3. The third-order valence-corrected chi connectivity index (χ3v) is 2.92. The monoisotopic (exact) mass is 240 g/mol. The lowest BCUT2D eigenvalue weighted by Crippen LogP contribution is -2.24. The van der Waals surface area contributed by atoms with Crippen molar-refractivity contribution in [2.24, 2.45) is 0 Å². The number of esters is 1. The fourth-order valence-corrected chi connectivity index (χ4v) is 1.73. The van der Waals surface area contributed by atoms with Gasteiger partial charge in [-0.1, -0.05) is 12.1 Å². The van der Waals surface area contributed by atoms with E-state index < -0.39 is 13.7 Å². The van der Waals surface area contributed by atoms with Gasteiger partial charge in [-0.3, -0.25) is 0 Å². The number of carbonyl (C=O) groups excluding carboxylic acids is 1. The molecule has 4 heteroatoms. The second kappa shape index (κ2) is 4.94. The molecule has 0 fully saturated rings. The summed E-state index contributed by atoms with van der Waals surface area (Å²) in [7, 11) is -1.11. The predicted molar refractivity (Wildman–Crippen MR) is 66.3 cm³/mol. The molecule has 1 rings (SSSR count). The maximum absolute atomic E-state index is 11.7. The Morgan fingerprint density at radius 1 is 1.25 bits per heavy atom. The van der Waals surface area contributed by atoms with E-state index in [-0.39, 0.29) is 5.97 Å². The van der Waals surface area contributed by atoms with Crippen LogP contribution >= 0.6 is 8.15 Å². The second-order valence-electron chi connectivity index (χ2n) is 4.57. The van der Waals surface area contributed by atoms with E-state index >= 15 is 0 Å². The molecule has 0 bridgehead atoms. The topological polar surface area (TPSA) is 46.5 Å². The van der Waals surface area contributed by atoms with Crippen LogP contribution in [0.2, 0.25) is 0 Å². The van der Waals surface area contributed by atoms with Crippen LogP contribution in [-0.4, -0.2) is 23.1 Å². The van der Waals surface area contributed by atoms with Crippen LogP contribution < -0.4 is 5.30 Å². The van der Waals surface area contributed by atoms with Crippen LogP contribution in [0.1, 0.15) is 31.1 Å². The second-order valence-corrected chi connectivity index (χ2v) is 6.14. The van der Waals surface area contributed by atoms with Crippen molar-refractivity contribution in [3.63, 3.8) is 0 Å². The first-order valence-electron chi connectivity index (χ1n) is 5.05. The fraction of sp³-hybridized carbons (Fsp3) is 0.417. The summed E-state index contributed by atoms with van der Waals surface area (Å²) in [6.45, 7) is 7.24. The Morgan fingerprint density at radius 2 is 1.75 bits per heavy atom. The van der Waals surface area contributed by atoms with E-state index in [1.165, 1.54) is 0 Å². The van der Waals surface area contributed by atoms with Crippen molar-refractivity contribution in [2.75, 3.05) is 6.66 Å². The SMILES string of the molecule is CP(O)c1ccc(C(=O)OC(C)(C)C)cc1. The minimum atomic E-state index is -1.11. The number of hydrogen-bond acceptors (Lipinski definition) is 3. The highest BCUT2D eigenvalue weighted by atomic mass is 31.1. The molecule has 0 aliphatic carbocycles. The molecule has 0 spiro atoms. The molecule has 3 nitrogen and oxygen atoms in total. The van der Waals surface area contributed by atoms with Gasteiger partial charge in [0, 0.05) is 5.30 Å². The zero-order valence-electron chi connectivity index (χ0n) is 10.0. The van der Waals surface area contributed by atoms with E-state index in [0.717, 1.165) is 5.30 Å². The van der Waals surface area contributed by atoms with Crippen molar-refractivity contribution < 1.29 is 14.4 Å². The Bertz CT molecular complexity index is 363. The van der Waals surface area contributed by atoms with Gasteiger partial charge in [-0.2, -0.15) is 0 Å². The van der Waals surface area contributed by atoms with E-state index in [2.05, 4.69) is 0 Å². The van der Waals surface area contributed by atoms with Gasteiger partial charge in [0.05, 0.1) is 13.7 Å². The van der Waals surface area contributed by atoms with Crippen LogP contribution in [0.15, 0.2) is 24.3 Å². The highest BCUT2D eigenvalue weighted by Gasteiger charge is 2.17. The molecule has 0 aliphatic heterocycles. The summed E-state index contributed by atoms with van der Waals surface area (Å²) >= 11 is 0. The van der Waals surface area contributed by atoms with Crippen LogP contribution in [0.3, 0.4) is 0 Å². The summed E-state index contributed by atoms with van der Waals surface area (Å²) in [4.78, 5) is 21.1. The van der Waals surface area contributed by atoms with Gasteiger partial charge in [0.25, 0.3) is 0 Å². The molecule has 0 aromatic heterocycles. The molecule has 0 heterocycles. The third kappa shape index (κ3) is 3.92. The zero-order chi connectivity index (χ0) is 12.3. The molecule has 0 aliphatic rings. The number of benzene rings is 1. The number of carbonyl (C=O) groups is 1. The van der Waals surface area contributed by atoms with Crippen molar-refractivity contribution in [3.8, 4) is 0 Å². The molecule has 1 atom stereocenters. The number of rotatable bonds is 2. The van der Waals surface area contributed by atoms with Crippen LogP contribution in [0, 0.1) is 0 Å². The molecule has 1 aromatic rings. The van der Waals surface area contributed by atoms with Gasteiger partial charge in [-0.05, 0) is 39.6 Å². The summed E-state index contributed by atoms with van der Waals surface area (Å²) in [6, 6.07) is 6.87. The maximum Gasteiger partial charge on any atom is 0.338 e. The smallest absolute Gasteiger partial charge is 0.338 e. The summed E-state index contributed by atoms with van der Waals surface area (Å²) in [5.74, 6) is -0.336. The van der Waals surface area contributed by atoms with E-state index in [0.29, 0.717) is 5.56 Å². The first kappa shape index (κ1) is 13.1. The van der Waals surface area contributed by atoms with Gasteiger partial charge in [0.15, 0.2) is 0 Å². The normalized spacial score (nSPS) is 13.3. The average Bonchev–Trinajstić information content (AvgIpc) is 2.15. The van der Waals surface area contributed by atoms with Gasteiger partial charge in [-0.25, -0.2) is 4.79 Å². The van der Waals surface area contributed by atoms with E-state index in [1.54, 1.807) is 30.9 Å². The highest BCUT2D eigenvalue weighted by Crippen LogP contribution is 2.22. The number of ether oxygens (including phenoxy) is 1. The molecule has 0 amide bonds. The summed E-state index contributed by atoms with van der Waals surface area (Å²) in [5, 5.41) is 0.849. The van der Waals surface area contributed by atoms with Crippen LogP contribution in [-0.2, 0) is 4.74 Å². The fourth-order valence-electron chi connectivity index (χ4n) is 1.15. The summed E-state index contributed by atoms with van der Waals surface area (Å²) in [5.41, 5.74) is 0.0277. The van der Waals surface area contributed by atoms with E-state index in [1.807, 2.05) is 20.8 Å². The van der Waals surface area contributed by atoms with Crippen molar-refractivity contribution >= 4 is 19.4 Å². The van der Waals surface area contributed by atoms with Crippen LogP contribution in [0.4, 0.5) is 0 Å². The van der Waals surface area contributed by atoms with Crippen molar-refractivity contribution in [1.82, 2.24) is 0 Å². The lowest BCUT2D eigenvalue weighted by Gasteiger charge is -2.19. The van der Waals surface area contributed by atoms with Crippen LogP contribution in [0.5, 0.6) is 0 Å². The molecule has 88 valence electrons. The lowest BCUT2D eigenvalue weighted by atomic mass is 10.2. The molecular formula is C12H17O3P. The average molecular weight is 240 g/mol. The van der Waals surface area contributed by atoms with Gasteiger partial charge in [0.1, 0.15) is 5.60 Å². The van der Waals surface area contributed by atoms with E-state index in [9.17, 15) is 9.69 Å². The van der Waals surface area contributed by atoms with E-state index in [4.69, 9.17) is 4.74 Å². The Balaban J connectivity index is 2.78. The third-order valence-electron chi connectivity index (χ3n) is 1.88. The minimum absolute atomic E-state index is 0.336. The van der Waals surface area contributed by atoms with Crippen molar-refractivity contribution in [2.45, 2.75) is 26.4 Å². The quantitative estimate of drug-likeness (QED) is 0.637. The van der Waals surface area contributed by atoms with Crippen molar-refractivity contribution in [1.29, 1.82) is 0 Å². The Labute approximate surface area is 97.3 Å². The molecule has 1 N–H and O–H groups in total. The molecule has 16 heavy (non-hydrogen) atoms. The van der Waals surface area contributed by atoms with Crippen LogP contribution in [0.25, 0.3) is 0 Å². The lowest BCUT2D eigenvalue weighted by molar-refractivity contribution is 0.00696. The Morgan fingerprint density at radius 3 is 2.12 bits per heavy atom. The van der Waals surface area contributed by atoms with Gasteiger partial charge in [-0.15, -0.1) is 0 Å².